The van der Waals surface area contributed by atoms with E-state index in [1.165, 1.54) is 13.0 Å². The Kier molecular flexibility index (Phi) is 11.3. The lowest BCUT2D eigenvalue weighted by atomic mass is 9.75. The lowest BCUT2D eigenvalue weighted by Gasteiger charge is -2.32. The molecule has 46 heavy (non-hydrogen) atoms. The summed E-state index contributed by atoms with van der Waals surface area (Å²) in [5.41, 5.74) is 8.92. The molecule has 2 aliphatic rings. The van der Waals surface area contributed by atoms with Crippen LogP contribution < -0.4 is 23.5 Å². The van der Waals surface area contributed by atoms with E-state index in [-0.39, 0.29) is 60.3 Å². The molecule has 13 heteroatoms. The van der Waals surface area contributed by atoms with Crippen molar-refractivity contribution in [3.63, 3.8) is 0 Å². The minimum absolute atomic E-state index is 0. The molecule has 2 heterocycles. The first kappa shape index (κ1) is 37.0. The molecule has 1 fully saturated rings. The molecule has 2 aromatic rings. The Labute approximate surface area is 275 Å². The van der Waals surface area contributed by atoms with Gasteiger partial charge >= 0.3 is 11.9 Å². The van der Waals surface area contributed by atoms with Gasteiger partial charge in [-0.3, -0.25) is 19.2 Å². The number of nitrogens with one attached hydrogen (secondary N) is 1. The van der Waals surface area contributed by atoms with E-state index >= 15 is 4.39 Å². The Bertz CT molecular complexity index is 1510. The molecule has 0 spiro atoms. The number of carbonyl (C=O) groups excluding carboxylic acids is 4. The average molecular weight is 665 g/mol. The Morgan fingerprint density at radius 3 is 2.48 bits per heavy atom. The number of amides is 1. The highest BCUT2D eigenvalue weighted by Gasteiger charge is 2.37. The fraction of sp³-hybridized carbons (Fsp3) is 0.576. The van der Waals surface area contributed by atoms with E-state index in [2.05, 4.69) is 5.32 Å². The third-order valence-corrected chi connectivity index (χ3v) is 8.30. The molecule has 0 saturated carbocycles. The fourth-order valence-electron chi connectivity index (χ4n) is 6.45. The summed E-state index contributed by atoms with van der Waals surface area (Å²) in [5, 5.41) is 3.25. The number of aromatic nitrogens is 1. The van der Waals surface area contributed by atoms with Crippen LogP contribution in [0.15, 0.2) is 12.1 Å². The van der Waals surface area contributed by atoms with Crippen LogP contribution in [0.5, 0.6) is 0 Å². The van der Waals surface area contributed by atoms with Gasteiger partial charge in [-0.1, -0.05) is 13.8 Å². The zero-order chi connectivity index (χ0) is 33.4. The van der Waals surface area contributed by atoms with Gasteiger partial charge < -0.3 is 46.7 Å². The van der Waals surface area contributed by atoms with E-state index in [0.29, 0.717) is 41.5 Å². The Morgan fingerprint density at radius 2 is 1.87 bits per heavy atom. The highest BCUT2D eigenvalue weighted by molar-refractivity contribution is 6.01. The van der Waals surface area contributed by atoms with E-state index in [4.69, 9.17) is 19.9 Å². The highest BCUT2D eigenvalue weighted by atomic mass is 35.5. The molecule has 0 radical (unpaired) electrons. The predicted molar refractivity (Wildman–Crippen MR) is 166 cm³/mol. The maximum atomic E-state index is 15.6. The molecular weight excluding hydrogens is 619 g/mol. The number of rotatable bonds is 10. The number of carbonyl (C=O) groups is 4. The van der Waals surface area contributed by atoms with Gasteiger partial charge in [-0.25, -0.2) is 4.39 Å². The van der Waals surface area contributed by atoms with Gasteiger partial charge in [0.15, 0.2) is 11.9 Å². The first-order chi connectivity index (χ1) is 20.8. The SMILES string of the molecule is CC(=O)OC(CC(=O)OC1CC(Nc2cc(-n3c(C)c(C)c4c3CC(C)(C)CC4=O)cc(F)c2C(N)=O)CCO1)C[N+](C)(C)C.[Cl-]. The summed E-state index contributed by atoms with van der Waals surface area (Å²) in [5.74, 6) is -2.71. The summed E-state index contributed by atoms with van der Waals surface area (Å²) in [6.45, 7) is 9.82. The zero-order valence-corrected chi connectivity index (χ0v) is 28.7. The highest BCUT2D eigenvalue weighted by Crippen LogP contribution is 2.40. The van der Waals surface area contributed by atoms with E-state index in [1.807, 2.05) is 53.4 Å². The number of quaternary nitrogens is 1. The smallest absolute Gasteiger partial charge is 0.312 e. The number of anilines is 1. The molecule has 1 amide bonds. The van der Waals surface area contributed by atoms with Crippen molar-refractivity contribution in [3.8, 4) is 5.69 Å². The van der Waals surface area contributed by atoms with Crippen molar-refractivity contribution < 1.29 is 54.7 Å². The van der Waals surface area contributed by atoms with E-state index < -0.39 is 36.1 Å². The van der Waals surface area contributed by atoms with Crippen LogP contribution in [0.2, 0.25) is 0 Å². The van der Waals surface area contributed by atoms with Crippen molar-refractivity contribution in [1.82, 2.24) is 4.57 Å². The molecule has 3 N–H and O–H groups in total. The first-order valence-electron chi connectivity index (χ1n) is 15.3. The third kappa shape index (κ3) is 8.65. The van der Waals surface area contributed by atoms with Gasteiger partial charge in [0.25, 0.3) is 5.91 Å². The standard InChI is InChI=1S/C33H45FN4O7.ClH/c1-18-19(2)37(26-15-33(4,5)16-27(40)30(18)26)22-12-24(34)31(32(35)42)25(13-22)36-21-9-10-43-29(11-21)45-28(41)14-23(44-20(3)39)17-38(6,7)8;/h12-13,21,23,29H,9-11,14-17H2,1-8H3,(H2-,35,36,42);1H. The van der Waals surface area contributed by atoms with Crippen LogP contribution in [0.4, 0.5) is 10.1 Å². The summed E-state index contributed by atoms with van der Waals surface area (Å²) in [4.78, 5) is 49.9. The topological polar surface area (TPSA) is 139 Å². The molecule has 254 valence electrons. The van der Waals surface area contributed by atoms with Gasteiger partial charge in [-0.05, 0) is 49.8 Å². The molecule has 11 nitrogen and oxygen atoms in total. The molecular formula is C33H46ClFN4O7. The van der Waals surface area contributed by atoms with Gasteiger partial charge in [0, 0.05) is 42.8 Å². The van der Waals surface area contributed by atoms with Crippen LogP contribution in [0, 0.1) is 25.1 Å². The number of Topliss-reactive ketones (excluding diaryl/α,β-unsaturated/α-hetero) is 1. The minimum atomic E-state index is -0.927. The summed E-state index contributed by atoms with van der Waals surface area (Å²) in [7, 11) is 5.77. The summed E-state index contributed by atoms with van der Waals surface area (Å²) in [6, 6.07) is 2.60. The second-order valence-electron chi connectivity index (χ2n) is 14.1. The molecule has 3 atom stereocenters. The number of primary amides is 1. The summed E-state index contributed by atoms with van der Waals surface area (Å²) >= 11 is 0. The summed E-state index contributed by atoms with van der Waals surface area (Å²) < 4.78 is 34.6. The third-order valence-electron chi connectivity index (χ3n) is 8.30. The summed E-state index contributed by atoms with van der Waals surface area (Å²) in [6.07, 6.45) is 0.0884. The number of likely N-dealkylation sites (N-methyl/N-ethyl adjacent to an activating group) is 1. The van der Waals surface area contributed by atoms with E-state index in [0.717, 1.165) is 17.0 Å². The van der Waals surface area contributed by atoms with Crippen LogP contribution in [-0.2, 0) is 30.2 Å². The van der Waals surface area contributed by atoms with Gasteiger partial charge in [-0.2, -0.15) is 0 Å². The maximum absolute atomic E-state index is 15.6. The molecule has 1 aromatic heterocycles. The number of hydrogen-bond donors (Lipinski definition) is 2. The number of ketones is 1. The van der Waals surface area contributed by atoms with Crippen molar-refractivity contribution in [1.29, 1.82) is 0 Å². The van der Waals surface area contributed by atoms with Gasteiger partial charge in [0.1, 0.15) is 12.4 Å². The normalized spacial score (nSPS) is 19.8. The lowest BCUT2D eigenvalue weighted by Crippen LogP contribution is -3.00. The van der Waals surface area contributed by atoms with Crippen LogP contribution >= 0.6 is 0 Å². The molecule has 3 unspecified atom stereocenters. The molecule has 1 aromatic carbocycles. The monoisotopic (exact) mass is 664 g/mol. The van der Waals surface area contributed by atoms with Crippen molar-refractivity contribution >= 4 is 29.3 Å². The number of halogens is 2. The second-order valence-corrected chi connectivity index (χ2v) is 14.1. The van der Waals surface area contributed by atoms with Crippen molar-refractivity contribution in [2.45, 2.75) is 85.2 Å². The van der Waals surface area contributed by atoms with Gasteiger partial charge in [-0.15, -0.1) is 0 Å². The maximum Gasteiger partial charge on any atom is 0.312 e. The Hall–Kier alpha value is -3.48. The van der Waals surface area contributed by atoms with Crippen LogP contribution in [0.3, 0.4) is 0 Å². The number of fused-ring (bicyclic) bond motifs is 1. The van der Waals surface area contributed by atoms with Gasteiger partial charge in [0.05, 0.1) is 51.1 Å². The van der Waals surface area contributed by atoms with Crippen LogP contribution in [0.1, 0.15) is 84.1 Å². The number of hydrogen-bond acceptors (Lipinski definition) is 8. The van der Waals surface area contributed by atoms with E-state index in [1.54, 1.807) is 6.07 Å². The molecule has 4 rings (SSSR count). The van der Waals surface area contributed by atoms with E-state index in [9.17, 15) is 19.2 Å². The molecule has 0 bridgehead atoms. The minimum Gasteiger partial charge on any atom is -1.00 e. The number of nitrogens with zero attached hydrogens (tertiary/aromatic N) is 2. The second kappa shape index (κ2) is 14.1. The lowest BCUT2D eigenvalue weighted by molar-refractivity contribution is -0.873. The van der Waals surface area contributed by atoms with Gasteiger partial charge in [0.2, 0.25) is 6.29 Å². The zero-order valence-electron chi connectivity index (χ0n) is 27.9. The number of esters is 2. The van der Waals surface area contributed by atoms with Crippen molar-refractivity contribution in [3.05, 3.63) is 46.0 Å². The van der Waals surface area contributed by atoms with Crippen molar-refractivity contribution in [2.24, 2.45) is 11.1 Å². The first-order valence-corrected chi connectivity index (χ1v) is 15.3. The fourth-order valence-corrected chi connectivity index (χ4v) is 6.45. The molecule has 1 saturated heterocycles. The number of ether oxygens (including phenoxy) is 3. The Morgan fingerprint density at radius 1 is 1.20 bits per heavy atom. The predicted octanol–water partition coefficient (Wildman–Crippen LogP) is 0.979. The quantitative estimate of drug-likeness (QED) is 0.283. The van der Waals surface area contributed by atoms with Crippen molar-refractivity contribution in [2.75, 3.05) is 39.6 Å². The molecule has 1 aliphatic heterocycles. The largest absolute Gasteiger partial charge is 1.00 e. The van der Waals surface area contributed by atoms with Crippen LogP contribution in [0.25, 0.3) is 5.69 Å². The average Bonchev–Trinajstić information content (AvgIpc) is 3.10. The molecule has 1 aliphatic carbocycles. The van der Waals surface area contributed by atoms with Crippen LogP contribution in [-0.4, -0.2) is 85.4 Å². The number of nitrogens with two attached hydrogens (primary N) is 1. The Balaban J connectivity index is 0.00000576. The number of benzene rings is 1.